The van der Waals surface area contributed by atoms with Crippen LogP contribution in [0.25, 0.3) is 0 Å². The molecule has 0 saturated carbocycles. The first kappa shape index (κ1) is 13.5. The van der Waals surface area contributed by atoms with Crippen LogP contribution in [0.15, 0.2) is 0 Å². The van der Waals surface area contributed by atoms with E-state index < -0.39 is 9.84 Å². The van der Waals surface area contributed by atoms with Crippen molar-refractivity contribution in [2.45, 2.75) is 20.8 Å². The Kier molecular flexibility index (Phi) is 6.60. The fraction of sp³-hybridized carbons (Fsp3) is 0.800. The van der Waals surface area contributed by atoms with Gasteiger partial charge in [0.05, 0.1) is 18.1 Å². The van der Waals surface area contributed by atoms with Crippen LogP contribution in [-0.2, 0) is 9.84 Å². The quantitative estimate of drug-likeness (QED) is 0.609. The Hall–Kier alpha value is -0.530. The molecule has 0 aliphatic carbocycles. The van der Waals surface area contributed by atoms with E-state index in [2.05, 4.69) is 16.7 Å². The first-order valence-corrected chi connectivity index (χ1v) is 6.78. The molecule has 82 valence electrons. The summed E-state index contributed by atoms with van der Waals surface area (Å²) in [5, 5.41) is 0. The van der Waals surface area contributed by atoms with Crippen molar-refractivity contribution in [3.05, 3.63) is 0 Å². The minimum absolute atomic E-state index is 0.290. The van der Waals surface area contributed by atoms with Gasteiger partial charge in [-0.15, -0.1) is 5.92 Å². The Balaban J connectivity index is 0.000000791. The summed E-state index contributed by atoms with van der Waals surface area (Å²) in [6.07, 6.45) is 0. The highest BCUT2D eigenvalue weighted by Gasteiger charge is 2.20. The van der Waals surface area contributed by atoms with Gasteiger partial charge in [-0.05, 0) is 6.92 Å². The van der Waals surface area contributed by atoms with Crippen molar-refractivity contribution in [3.63, 3.8) is 0 Å². The number of sulfone groups is 1. The number of rotatable bonds is 1. The topological polar surface area (TPSA) is 37.4 Å². The maximum Gasteiger partial charge on any atom is 0.152 e. The highest BCUT2D eigenvalue weighted by atomic mass is 32.2. The molecular weight excluding hydrogens is 198 g/mol. The largest absolute Gasteiger partial charge is 0.290 e. The molecule has 1 rings (SSSR count). The van der Waals surface area contributed by atoms with Crippen molar-refractivity contribution >= 4 is 9.84 Å². The minimum atomic E-state index is -2.73. The standard InChI is InChI=1S/C8H13NO2S.C2H6/c1-2-3-4-9-5-7-12(10,11)8-6-9;1-2/h4-8H2,1H3;1-2H3. The molecule has 0 bridgehead atoms. The summed E-state index contributed by atoms with van der Waals surface area (Å²) in [7, 11) is -2.73. The predicted molar refractivity (Wildman–Crippen MR) is 59.9 cm³/mol. The summed E-state index contributed by atoms with van der Waals surface area (Å²) < 4.78 is 22.0. The lowest BCUT2D eigenvalue weighted by atomic mass is 10.4. The number of hydrogen-bond donors (Lipinski definition) is 0. The van der Waals surface area contributed by atoms with E-state index in [4.69, 9.17) is 0 Å². The Morgan fingerprint density at radius 1 is 1.21 bits per heavy atom. The number of hydrogen-bond acceptors (Lipinski definition) is 3. The Bertz CT molecular complexity index is 284. The van der Waals surface area contributed by atoms with Gasteiger partial charge in [-0.1, -0.05) is 19.8 Å². The molecule has 0 radical (unpaired) electrons. The second kappa shape index (κ2) is 6.86. The summed E-state index contributed by atoms with van der Waals surface area (Å²) in [5.41, 5.74) is 0. The van der Waals surface area contributed by atoms with Crippen LogP contribution in [0.1, 0.15) is 20.8 Å². The second-order valence-corrected chi connectivity index (χ2v) is 5.16. The zero-order valence-corrected chi connectivity index (χ0v) is 10.0. The van der Waals surface area contributed by atoms with Gasteiger partial charge in [0.15, 0.2) is 9.84 Å². The molecule has 4 heteroatoms. The van der Waals surface area contributed by atoms with Crippen LogP contribution in [-0.4, -0.2) is 44.5 Å². The van der Waals surface area contributed by atoms with Crippen LogP contribution in [0.4, 0.5) is 0 Å². The zero-order valence-electron chi connectivity index (χ0n) is 9.21. The Labute approximate surface area is 87.4 Å². The fourth-order valence-corrected chi connectivity index (χ4v) is 2.38. The molecule has 1 aliphatic heterocycles. The summed E-state index contributed by atoms with van der Waals surface area (Å²) in [5.74, 6) is 6.30. The average Bonchev–Trinajstić information content (AvgIpc) is 2.19. The lowest BCUT2D eigenvalue weighted by Crippen LogP contribution is -2.40. The van der Waals surface area contributed by atoms with Crippen molar-refractivity contribution < 1.29 is 8.42 Å². The third-order valence-electron chi connectivity index (χ3n) is 1.92. The van der Waals surface area contributed by atoms with E-state index in [1.54, 1.807) is 6.92 Å². The minimum Gasteiger partial charge on any atom is -0.290 e. The third-order valence-corrected chi connectivity index (χ3v) is 3.53. The van der Waals surface area contributed by atoms with Crippen LogP contribution in [0.5, 0.6) is 0 Å². The van der Waals surface area contributed by atoms with Gasteiger partial charge in [-0.2, -0.15) is 0 Å². The molecule has 0 aromatic rings. The van der Waals surface area contributed by atoms with E-state index in [0.29, 0.717) is 31.1 Å². The monoisotopic (exact) mass is 217 g/mol. The SMILES string of the molecule is CC.CC#CCN1CCS(=O)(=O)CC1. The Morgan fingerprint density at radius 2 is 1.71 bits per heavy atom. The van der Waals surface area contributed by atoms with Gasteiger partial charge < -0.3 is 0 Å². The van der Waals surface area contributed by atoms with E-state index in [1.807, 2.05) is 13.8 Å². The predicted octanol–water partition coefficient (Wildman–Crippen LogP) is 0.766. The smallest absolute Gasteiger partial charge is 0.152 e. The lowest BCUT2D eigenvalue weighted by molar-refractivity contribution is 0.332. The van der Waals surface area contributed by atoms with E-state index in [-0.39, 0.29) is 0 Å². The Morgan fingerprint density at radius 3 is 2.14 bits per heavy atom. The van der Waals surface area contributed by atoms with Crippen molar-refractivity contribution in [2.75, 3.05) is 31.1 Å². The normalized spacial score (nSPS) is 19.9. The molecule has 0 atom stereocenters. The van der Waals surface area contributed by atoms with Crippen molar-refractivity contribution in [2.24, 2.45) is 0 Å². The molecule has 3 nitrogen and oxygen atoms in total. The van der Waals surface area contributed by atoms with Crippen molar-refractivity contribution in [1.82, 2.24) is 4.90 Å². The van der Waals surface area contributed by atoms with Gasteiger partial charge >= 0.3 is 0 Å². The van der Waals surface area contributed by atoms with Crippen LogP contribution in [0.2, 0.25) is 0 Å². The second-order valence-electron chi connectivity index (χ2n) is 2.85. The van der Waals surface area contributed by atoms with Crippen LogP contribution >= 0.6 is 0 Å². The molecule has 0 amide bonds. The maximum absolute atomic E-state index is 11.0. The summed E-state index contributed by atoms with van der Waals surface area (Å²) >= 11 is 0. The van der Waals surface area contributed by atoms with E-state index >= 15 is 0 Å². The van der Waals surface area contributed by atoms with Crippen LogP contribution in [0.3, 0.4) is 0 Å². The van der Waals surface area contributed by atoms with Gasteiger partial charge in [0.25, 0.3) is 0 Å². The molecule has 1 heterocycles. The first-order valence-electron chi connectivity index (χ1n) is 4.96. The molecule has 14 heavy (non-hydrogen) atoms. The molecule has 0 N–H and O–H groups in total. The third kappa shape index (κ3) is 5.25. The van der Waals surface area contributed by atoms with Crippen molar-refractivity contribution in [1.29, 1.82) is 0 Å². The molecular formula is C10H19NO2S. The summed E-state index contributed by atoms with van der Waals surface area (Å²) in [4.78, 5) is 2.07. The molecule has 1 saturated heterocycles. The molecule has 0 aromatic heterocycles. The van der Waals surface area contributed by atoms with Gasteiger partial charge in [0.2, 0.25) is 0 Å². The van der Waals surface area contributed by atoms with Crippen molar-refractivity contribution in [3.8, 4) is 11.8 Å². The summed E-state index contributed by atoms with van der Waals surface area (Å²) in [6.45, 7) is 7.76. The molecule has 0 spiro atoms. The molecule has 1 aliphatic rings. The zero-order chi connectivity index (χ0) is 11.0. The van der Waals surface area contributed by atoms with Gasteiger partial charge in [0.1, 0.15) is 0 Å². The van der Waals surface area contributed by atoms with Gasteiger partial charge in [-0.25, -0.2) is 8.42 Å². The molecule has 0 unspecified atom stereocenters. The summed E-state index contributed by atoms with van der Waals surface area (Å²) in [6, 6.07) is 0. The average molecular weight is 217 g/mol. The van der Waals surface area contributed by atoms with E-state index in [1.165, 1.54) is 0 Å². The molecule has 0 aromatic carbocycles. The van der Waals surface area contributed by atoms with Gasteiger partial charge in [0, 0.05) is 13.1 Å². The molecule has 1 fully saturated rings. The highest BCUT2D eigenvalue weighted by Crippen LogP contribution is 2.02. The number of nitrogens with zero attached hydrogens (tertiary/aromatic N) is 1. The highest BCUT2D eigenvalue weighted by molar-refractivity contribution is 7.91. The van der Waals surface area contributed by atoms with Gasteiger partial charge in [-0.3, -0.25) is 4.90 Å². The lowest BCUT2D eigenvalue weighted by Gasteiger charge is -2.24. The fourth-order valence-electron chi connectivity index (χ4n) is 1.10. The first-order chi connectivity index (χ1) is 6.64. The van der Waals surface area contributed by atoms with E-state index in [0.717, 1.165) is 0 Å². The maximum atomic E-state index is 11.0. The van der Waals surface area contributed by atoms with E-state index in [9.17, 15) is 8.42 Å². The van der Waals surface area contributed by atoms with Crippen LogP contribution < -0.4 is 0 Å². The van der Waals surface area contributed by atoms with Crippen LogP contribution in [0, 0.1) is 11.8 Å².